The van der Waals surface area contributed by atoms with Crippen LogP contribution in [0.1, 0.15) is 12.8 Å². The van der Waals surface area contributed by atoms with Gasteiger partial charge in [-0.2, -0.15) is 0 Å². The highest BCUT2D eigenvalue weighted by Gasteiger charge is 2.08. The highest BCUT2D eigenvalue weighted by molar-refractivity contribution is 5.74. The molecule has 6 nitrogen and oxygen atoms in total. The van der Waals surface area contributed by atoms with Gasteiger partial charge >= 0.3 is 12.0 Å². The molecule has 0 fully saturated rings. The van der Waals surface area contributed by atoms with E-state index in [1.165, 1.54) is 4.90 Å². The van der Waals surface area contributed by atoms with Crippen molar-refractivity contribution in [3.8, 4) is 0 Å². The van der Waals surface area contributed by atoms with Gasteiger partial charge in [-0.1, -0.05) is 0 Å². The molecule has 6 heteroatoms. The van der Waals surface area contributed by atoms with Crippen molar-refractivity contribution in [1.82, 2.24) is 10.2 Å². The zero-order valence-corrected chi connectivity index (χ0v) is 8.32. The highest BCUT2D eigenvalue weighted by atomic mass is 16.4. The van der Waals surface area contributed by atoms with Gasteiger partial charge in [0.05, 0.1) is 6.42 Å². The molecule has 0 rings (SSSR count). The Labute approximate surface area is 83.1 Å². The van der Waals surface area contributed by atoms with Gasteiger partial charge < -0.3 is 21.1 Å². The summed E-state index contributed by atoms with van der Waals surface area (Å²) in [5.41, 5.74) is 5.25. The summed E-state index contributed by atoms with van der Waals surface area (Å²) in [6, 6.07) is -0.264. The van der Waals surface area contributed by atoms with Crippen LogP contribution < -0.4 is 11.1 Å². The number of nitrogens with two attached hydrogens (primary N) is 1. The second-order valence-corrected chi connectivity index (χ2v) is 2.94. The van der Waals surface area contributed by atoms with E-state index in [-0.39, 0.29) is 19.0 Å². The number of carboxylic acid groups (broad SMARTS) is 1. The van der Waals surface area contributed by atoms with Crippen LogP contribution in [0.4, 0.5) is 4.79 Å². The van der Waals surface area contributed by atoms with Crippen LogP contribution >= 0.6 is 0 Å². The molecular weight excluding hydrogens is 186 g/mol. The van der Waals surface area contributed by atoms with Crippen molar-refractivity contribution in [2.75, 3.05) is 26.7 Å². The number of nitrogens with one attached hydrogen (secondary N) is 1. The molecule has 0 aromatic rings. The molecule has 2 amide bonds. The molecule has 4 N–H and O–H groups in total. The summed E-state index contributed by atoms with van der Waals surface area (Å²) in [6.45, 7) is 1.26. The van der Waals surface area contributed by atoms with Crippen LogP contribution in [0, 0.1) is 0 Å². The Bertz CT molecular complexity index is 196. The molecule has 0 unspecified atom stereocenters. The molecule has 0 spiro atoms. The molecule has 0 aromatic heterocycles. The number of carbonyl (C=O) groups excluding carboxylic acids is 1. The Kier molecular flexibility index (Phi) is 6.47. The summed E-state index contributed by atoms with van der Waals surface area (Å²) in [4.78, 5) is 22.8. The normalized spacial score (nSPS) is 9.57. The van der Waals surface area contributed by atoms with Crippen LogP contribution in [0.2, 0.25) is 0 Å². The summed E-state index contributed by atoms with van der Waals surface area (Å²) in [6.07, 6.45) is 0.680. The third-order valence-electron chi connectivity index (χ3n) is 1.66. The molecule has 0 saturated heterocycles. The van der Waals surface area contributed by atoms with Crippen molar-refractivity contribution in [1.29, 1.82) is 0 Å². The van der Waals surface area contributed by atoms with Gasteiger partial charge in [0.1, 0.15) is 0 Å². The lowest BCUT2D eigenvalue weighted by atomic mass is 10.4. The van der Waals surface area contributed by atoms with Crippen molar-refractivity contribution in [3.05, 3.63) is 0 Å². The number of carboxylic acids is 1. The molecule has 82 valence electrons. The quantitative estimate of drug-likeness (QED) is 0.505. The van der Waals surface area contributed by atoms with E-state index in [1.807, 2.05) is 0 Å². The molecule has 0 heterocycles. The Balaban J connectivity index is 3.59. The maximum Gasteiger partial charge on any atom is 0.317 e. The van der Waals surface area contributed by atoms with E-state index in [2.05, 4.69) is 5.32 Å². The van der Waals surface area contributed by atoms with Gasteiger partial charge in [-0.25, -0.2) is 4.79 Å². The van der Waals surface area contributed by atoms with Gasteiger partial charge in [0.25, 0.3) is 0 Å². The van der Waals surface area contributed by atoms with E-state index < -0.39 is 5.97 Å². The van der Waals surface area contributed by atoms with Gasteiger partial charge in [-0.05, 0) is 13.0 Å². The Morgan fingerprint density at radius 3 is 2.64 bits per heavy atom. The first-order chi connectivity index (χ1) is 6.57. The fourth-order valence-electron chi connectivity index (χ4n) is 0.797. The Morgan fingerprint density at radius 1 is 1.50 bits per heavy atom. The second kappa shape index (κ2) is 7.14. The lowest BCUT2D eigenvalue weighted by Gasteiger charge is -2.16. The third kappa shape index (κ3) is 6.24. The average Bonchev–Trinajstić information content (AvgIpc) is 2.14. The first-order valence-corrected chi connectivity index (χ1v) is 4.48. The summed E-state index contributed by atoms with van der Waals surface area (Å²) in [7, 11) is 1.56. The predicted octanol–water partition coefficient (Wildman–Crippen LogP) is -0.549. The van der Waals surface area contributed by atoms with Crippen molar-refractivity contribution < 1.29 is 14.7 Å². The van der Waals surface area contributed by atoms with Crippen LogP contribution in [0.15, 0.2) is 0 Å². The average molecular weight is 203 g/mol. The van der Waals surface area contributed by atoms with Crippen LogP contribution in [0.25, 0.3) is 0 Å². The van der Waals surface area contributed by atoms with Crippen molar-refractivity contribution in [3.63, 3.8) is 0 Å². The minimum absolute atomic E-state index is 0.0409. The summed E-state index contributed by atoms with van der Waals surface area (Å²) in [5.74, 6) is -0.911. The molecule has 14 heavy (non-hydrogen) atoms. The van der Waals surface area contributed by atoms with E-state index >= 15 is 0 Å². The van der Waals surface area contributed by atoms with E-state index in [9.17, 15) is 9.59 Å². The van der Waals surface area contributed by atoms with Crippen LogP contribution in [0.5, 0.6) is 0 Å². The molecule has 0 aliphatic rings. The van der Waals surface area contributed by atoms with E-state index in [1.54, 1.807) is 7.05 Å². The lowest BCUT2D eigenvalue weighted by molar-refractivity contribution is -0.137. The number of carbonyl (C=O) groups is 2. The zero-order valence-electron chi connectivity index (χ0n) is 8.32. The van der Waals surface area contributed by atoms with Crippen molar-refractivity contribution in [2.24, 2.45) is 5.73 Å². The number of nitrogens with zero attached hydrogens (tertiary/aromatic N) is 1. The van der Waals surface area contributed by atoms with Gasteiger partial charge in [0, 0.05) is 20.1 Å². The molecule has 0 aliphatic heterocycles. The molecular formula is C8H17N3O3. The van der Waals surface area contributed by atoms with Crippen molar-refractivity contribution in [2.45, 2.75) is 12.8 Å². The first-order valence-electron chi connectivity index (χ1n) is 4.48. The van der Waals surface area contributed by atoms with Gasteiger partial charge in [-0.3, -0.25) is 4.79 Å². The maximum absolute atomic E-state index is 11.2. The molecule has 0 aliphatic carbocycles. The minimum Gasteiger partial charge on any atom is -0.481 e. The fourth-order valence-corrected chi connectivity index (χ4v) is 0.797. The number of amides is 2. The molecule has 0 atom stereocenters. The summed E-state index contributed by atoms with van der Waals surface area (Å²) < 4.78 is 0. The smallest absolute Gasteiger partial charge is 0.317 e. The van der Waals surface area contributed by atoms with Gasteiger partial charge in [0.2, 0.25) is 0 Å². The van der Waals surface area contributed by atoms with Crippen molar-refractivity contribution >= 4 is 12.0 Å². The monoisotopic (exact) mass is 203 g/mol. The number of urea groups is 1. The molecule has 0 saturated carbocycles. The number of hydrogen-bond acceptors (Lipinski definition) is 3. The maximum atomic E-state index is 11.2. The van der Waals surface area contributed by atoms with Crippen LogP contribution in [0.3, 0.4) is 0 Å². The fraction of sp³-hybridized carbons (Fsp3) is 0.750. The van der Waals surface area contributed by atoms with Gasteiger partial charge in [0.15, 0.2) is 0 Å². The Hall–Kier alpha value is -1.30. The zero-order chi connectivity index (χ0) is 11.0. The standard InChI is InChI=1S/C8H17N3O3/c1-11(6-3-7(12)13)8(14)10-5-2-4-9/h2-6,9H2,1H3,(H,10,14)(H,12,13). The first kappa shape index (κ1) is 12.7. The Morgan fingerprint density at radius 2 is 2.14 bits per heavy atom. The third-order valence-corrected chi connectivity index (χ3v) is 1.66. The molecule has 0 aromatic carbocycles. The summed E-state index contributed by atoms with van der Waals surface area (Å²) >= 11 is 0. The lowest BCUT2D eigenvalue weighted by Crippen LogP contribution is -2.39. The van der Waals surface area contributed by atoms with E-state index in [0.717, 1.165) is 6.42 Å². The SMILES string of the molecule is CN(CCC(=O)O)C(=O)NCCCN. The topological polar surface area (TPSA) is 95.7 Å². The van der Waals surface area contributed by atoms with E-state index in [4.69, 9.17) is 10.8 Å². The van der Waals surface area contributed by atoms with Crippen LogP contribution in [-0.2, 0) is 4.79 Å². The molecule has 0 bridgehead atoms. The summed E-state index contributed by atoms with van der Waals surface area (Å²) in [5, 5.41) is 11.0. The largest absolute Gasteiger partial charge is 0.481 e. The molecule has 0 radical (unpaired) electrons. The predicted molar refractivity (Wildman–Crippen MR) is 52.0 cm³/mol. The van der Waals surface area contributed by atoms with E-state index in [0.29, 0.717) is 13.1 Å². The highest BCUT2D eigenvalue weighted by Crippen LogP contribution is 1.88. The second-order valence-electron chi connectivity index (χ2n) is 2.94. The number of rotatable bonds is 6. The van der Waals surface area contributed by atoms with Crippen LogP contribution in [-0.4, -0.2) is 48.7 Å². The number of aliphatic carboxylic acids is 1. The number of hydrogen-bond donors (Lipinski definition) is 3. The van der Waals surface area contributed by atoms with Gasteiger partial charge in [-0.15, -0.1) is 0 Å². The minimum atomic E-state index is -0.911.